The zero-order chi connectivity index (χ0) is 13.7. The second kappa shape index (κ2) is 6.39. The third-order valence-electron chi connectivity index (χ3n) is 2.30. The third-order valence-corrected chi connectivity index (χ3v) is 2.76. The first kappa shape index (κ1) is 14.5. The van der Waals surface area contributed by atoms with E-state index in [-0.39, 0.29) is 12.0 Å². The second-order valence-electron chi connectivity index (χ2n) is 3.39. The summed E-state index contributed by atoms with van der Waals surface area (Å²) < 4.78 is 15.1. The molecule has 0 fully saturated rings. The van der Waals surface area contributed by atoms with E-state index in [0.29, 0.717) is 15.8 Å². The van der Waals surface area contributed by atoms with Crippen molar-refractivity contribution in [1.29, 1.82) is 0 Å². The van der Waals surface area contributed by atoms with Crippen LogP contribution in [-0.2, 0) is 20.7 Å². The number of esters is 2. The number of hydrogen-bond donors (Lipinski definition) is 0. The van der Waals surface area contributed by atoms with Crippen LogP contribution >= 0.6 is 15.9 Å². The average Bonchev–Trinajstić information content (AvgIpc) is 2.36. The topological polar surface area (TPSA) is 61.8 Å². The van der Waals surface area contributed by atoms with Gasteiger partial charge in [-0.05, 0) is 12.1 Å². The van der Waals surface area contributed by atoms with Crippen molar-refractivity contribution in [2.45, 2.75) is 6.42 Å². The quantitative estimate of drug-likeness (QED) is 0.795. The van der Waals surface area contributed by atoms with Crippen molar-refractivity contribution in [1.82, 2.24) is 0 Å². The lowest BCUT2D eigenvalue weighted by molar-refractivity contribution is -0.139. The molecule has 0 aromatic heterocycles. The normalized spacial score (nSPS) is 9.78. The molecule has 0 spiro atoms. The minimum absolute atomic E-state index is 0.0170. The first-order valence-electron chi connectivity index (χ1n) is 5.05. The molecule has 0 aliphatic heterocycles. The molecule has 0 atom stereocenters. The fourth-order valence-electron chi connectivity index (χ4n) is 1.51. The minimum atomic E-state index is -0.528. The molecule has 0 heterocycles. The highest BCUT2D eigenvalue weighted by molar-refractivity contribution is 9.10. The van der Waals surface area contributed by atoms with Crippen LogP contribution in [0.1, 0.15) is 15.9 Å². The van der Waals surface area contributed by atoms with E-state index in [4.69, 9.17) is 4.74 Å². The number of ether oxygens (including phenoxy) is 3. The van der Waals surface area contributed by atoms with Crippen molar-refractivity contribution in [2.24, 2.45) is 0 Å². The van der Waals surface area contributed by atoms with Gasteiger partial charge in [0, 0.05) is 10.0 Å². The van der Waals surface area contributed by atoms with E-state index >= 15 is 0 Å². The fraction of sp³-hybridized carbons (Fsp3) is 0.333. The van der Waals surface area contributed by atoms with Gasteiger partial charge in [-0.25, -0.2) is 4.79 Å². The Bertz CT molecular complexity index is 470. The zero-order valence-corrected chi connectivity index (χ0v) is 11.9. The van der Waals surface area contributed by atoms with Crippen LogP contribution in [0.3, 0.4) is 0 Å². The summed E-state index contributed by atoms with van der Waals surface area (Å²) in [7, 11) is 4.01. The Hall–Kier alpha value is -1.56. The molecule has 0 amide bonds. The van der Waals surface area contributed by atoms with Gasteiger partial charge in [-0.15, -0.1) is 0 Å². The van der Waals surface area contributed by atoms with Crippen LogP contribution in [0.15, 0.2) is 16.6 Å². The van der Waals surface area contributed by atoms with Gasteiger partial charge >= 0.3 is 11.9 Å². The van der Waals surface area contributed by atoms with Gasteiger partial charge in [0.05, 0.1) is 27.8 Å². The molecular weight excluding hydrogens is 304 g/mol. The zero-order valence-electron chi connectivity index (χ0n) is 10.3. The molecule has 1 aromatic carbocycles. The van der Waals surface area contributed by atoms with Gasteiger partial charge in [0.25, 0.3) is 0 Å². The molecule has 0 aliphatic rings. The molecule has 98 valence electrons. The summed E-state index contributed by atoms with van der Waals surface area (Å²) in [5.41, 5.74) is 0.812. The molecule has 0 bridgehead atoms. The van der Waals surface area contributed by atoms with Gasteiger partial charge in [0.1, 0.15) is 11.3 Å². The summed E-state index contributed by atoms with van der Waals surface area (Å²) in [5.74, 6) is -0.628. The Kier molecular flexibility index (Phi) is 5.15. The van der Waals surface area contributed by atoms with E-state index in [1.807, 2.05) is 0 Å². The van der Waals surface area contributed by atoms with Crippen LogP contribution in [0.25, 0.3) is 0 Å². The molecule has 0 N–H and O–H groups in total. The monoisotopic (exact) mass is 316 g/mol. The number of hydrogen-bond acceptors (Lipinski definition) is 5. The van der Waals surface area contributed by atoms with Crippen LogP contribution in [0.2, 0.25) is 0 Å². The Balaban J connectivity index is 3.28. The predicted octanol–water partition coefficient (Wildman–Crippen LogP) is 1.96. The van der Waals surface area contributed by atoms with Gasteiger partial charge in [-0.2, -0.15) is 0 Å². The maximum atomic E-state index is 11.6. The van der Waals surface area contributed by atoms with Crippen LogP contribution < -0.4 is 4.74 Å². The maximum absolute atomic E-state index is 11.6. The van der Waals surface area contributed by atoms with Crippen LogP contribution in [0, 0.1) is 0 Å². The fourth-order valence-corrected chi connectivity index (χ4v) is 2.02. The summed E-state index contributed by atoms with van der Waals surface area (Å²) in [6, 6.07) is 3.27. The van der Waals surface area contributed by atoms with Crippen molar-refractivity contribution in [3.05, 3.63) is 27.7 Å². The lowest BCUT2D eigenvalue weighted by atomic mass is 10.1. The smallest absolute Gasteiger partial charge is 0.341 e. The molecular formula is C12H13BrO5. The second-order valence-corrected chi connectivity index (χ2v) is 4.31. The Morgan fingerprint density at radius 3 is 2.33 bits per heavy atom. The SMILES string of the molecule is COC(=O)Cc1cc(Br)cc(C(=O)OC)c1OC. The lowest BCUT2D eigenvalue weighted by Crippen LogP contribution is -2.10. The maximum Gasteiger partial charge on any atom is 0.341 e. The molecule has 0 unspecified atom stereocenters. The first-order valence-corrected chi connectivity index (χ1v) is 5.84. The largest absolute Gasteiger partial charge is 0.496 e. The molecule has 0 radical (unpaired) electrons. The van der Waals surface area contributed by atoms with E-state index in [2.05, 4.69) is 25.4 Å². The number of benzene rings is 1. The van der Waals surface area contributed by atoms with Gasteiger partial charge in [0.2, 0.25) is 0 Å². The molecule has 0 aliphatic carbocycles. The van der Waals surface area contributed by atoms with Crippen LogP contribution in [0.4, 0.5) is 0 Å². The number of halogens is 1. The summed E-state index contributed by atoms with van der Waals surface area (Å²) in [6.45, 7) is 0. The number of carbonyl (C=O) groups is 2. The average molecular weight is 317 g/mol. The molecule has 0 saturated heterocycles. The van der Waals surface area contributed by atoms with Gasteiger partial charge in [0.15, 0.2) is 0 Å². The van der Waals surface area contributed by atoms with Crippen molar-refractivity contribution in [3.63, 3.8) is 0 Å². The van der Waals surface area contributed by atoms with Gasteiger partial charge in [-0.1, -0.05) is 15.9 Å². The first-order chi connectivity index (χ1) is 8.53. The van der Waals surface area contributed by atoms with E-state index in [9.17, 15) is 9.59 Å². The summed E-state index contributed by atoms with van der Waals surface area (Å²) in [4.78, 5) is 22.9. The summed E-state index contributed by atoms with van der Waals surface area (Å²) in [5, 5.41) is 0. The van der Waals surface area contributed by atoms with E-state index in [1.54, 1.807) is 12.1 Å². The van der Waals surface area contributed by atoms with Crippen molar-refractivity contribution in [2.75, 3.05) is 21.3 Å². The van der Waals surface area contributed by atoms with E-state index in [1.165, 1.54) is 21.3 Å². The Morgan fingerprint density at radius 1 is 1.17 bits per heavy atom. The van der Waals surface area contributed by atoms with Crippen molar-refractivity contribution >= 4 is 27.9 Å². The third kappa shape index (κ3) is 3.22. The summed E-state index contributed by atoms with van der Waals surface area (Å²) >= 11 is 3.27. The molecule has 6 heteroatoms. The van der Waals surface area contributed by atoms with Gasteiger partial charge in [-0.3, -0.25) is 4.79 Å². The number of methoxy groups -OCH3 is 3. The van der Waals surface area contributed by atoms with Crippen molar-refractivity contribution < 1.29 is 23.8 Å². The standard InChI is InChI=1S/C12H13BrO5/c1-16-10(14)5-7-4-8(13)6-9(11(7)17-2)12(15)18-3/h4,6H,5H2,1-3H3. The van der Waals surface area contributed by atoms with Crippen molar-refractivity contribution in [3.8, 4) is 5.75 Å². The predicted molar refractivity (Wildman–Crippen MR) is 67.8 cm³/mol. The number of rotatable bonds is 4. The highest BCUT2D eigenvalue weighted by Gasteiger charge is 2.19. The molecule has 0 saturated carbocycles. The van der Waals surface area contributed by atoms with Crippen LogP contribution in [0.5, 0.6) is 5.75 Å². The molecule has 1 rings (SSSR count). The van der Waals surface area contributed by atoms with E-state index < -0.39 is 11.9 Å². The Labute approximate surface area is 113 Å². The van der Waals surface area contributed by atoms with E-state index in [0.717, 1.165) is 0 Å². The Morgan fingerprint density at radius 2 is 1.83 bits per heavy atom. The highest BCUT2D eigenvalue weighted by Crippen LogP contribution is 2.29. The molecule has 1 aromatic rings. The number of carbonyl (C=O) groups excluding carboxylic acids is 2. The highest BCUT2D eigenvalue weighted by atomic mass is 79.9. The van der Waals surface area contributed by atoms with Gasteiger partial charge < -0.3 is 14.2 Å². The molecule has 5 nitrogen and oxygen atoms in total. The minimum Gasteiger partial charge on any atom is -0.496 e. The molecule has 18 heavy (non-hydrogen) atoms. The van der Waals surface area contributed by atoms with Crippen LogP contribution in [-0.4, -0.2) is 33.3 Å². The summed E-state index contributed by atoms with van der Waals surface area (Å²) in [6.07, 6.45) is 0.0170. The lowest BCUT2D eigenvalue weighted by Gasteiger charge is -2.12.